The average molecular weight is 415 g/mol. The van der Waals surface area contributed by atoms with E-state index in [2.05, 4.69) is 10.6 Å². The number of halogens is 2. The van der Waals surface area contributed by atoms with Crippen LogP contribution in [-0.4, -0.2) is 46.8 Å². The summed E-state index contributed by atoms with van der Waals surface area (Å²) in [5, 5.41) is 33.8. The molecular formula is C17H16Cl2N2O6. The van der Waals surface area contributed by atoms with E-state index in [1.54, 1.807) is 12.1 Å². The summed E-state index contributed by atoms with van der Waals surface area (Å²) in [6.45, 7) is -0.0536. The van der Waals surface area contributed by atoms with E-state index in [1.165, 1.54) is 6.07 Å². The third kappa shape index (κ3) is 5.83. The van der Waals surface area contributed by atoms with Crippen LogP contribution in [0.4, 0.5) is 0 Å². The Bertz CT molecular complexity index is 836. The normalized spacial score (nSPS) is 10.3. The second-order valence-corrected chi connectivity index (χ2v) is 6.18. The van der Waals surface area contributed by atoms with Crippen LogP contribution < -0.4 is 15.4 Å². The third-order valence-electron chi connectivity index (χ3n) is 3.32. The maximum atomic E-state index is 11.9. The molecule has 27 heavy (non-hydrogen) atoms. The maximum absolute atomic E-state index is 11.9. The summed E-state index contributed by atoms with van der Waals surface area (Å²) in [4.78, 5) is 23.6. The fraction of sp³-hybridized carbons (Fsp3) is 0.176. The van der Waals surface area contributed by atoms with Crippen LogP contribution in [0.3, 0.4) is 0 Å². The van der Waals surface area contributed by atoms with E-state index in [9.17, 15) is 24.9 Å². The van der Waals surface area contributed by atoms with Gasteiger partial charge in [-0.2, -0.15) is 0 Å². The molecule has 0 aromatic heterocycles. The van der Waals surface area contributed by atoms with E-state index in [0.717, 1.165) is 12.1 Å². The Labute approximate surface area is 164 Å². The molecule has 0 aliphatic heterocycles. The molecular weight excluding hydrogens is 399 g/mol. The molecule has 2 amide bonds. The van der Waals surface area contributed by atoms with E-state index in [1.807, 2.05) is 0 Å². The van der Waals surface area contributed by atoms with Crippen LogP contribution in [0.5, 0.6) is 23.0 Å². The molecule has 0 fully saturated rings. The molecule has 0 aliphatic carbocycles. The Hall–Kier alpha value is -2.84. The number of nitrogens with one attached hydrogen (secondary N) is 2. The second kappa shape index (κ2) is 9.20. The number of carbonyl (C=O) groups excluding carboxylic acids is 2. The number of rotatable bonds is 7. The molecule has 2 aromatic carbocycles. The van der Waals surface area contributed by atoms with E-state index < -0.39 is 29.1 Å². The summed E-state index contributed by atoms with van der Waals surface area (Å²) in [5.41, 5.74) is -0.0464. The summed E-state index contributed by atoms with van der Waals surface area (Å²) in [6, 6.07) is 6.62. The zero-order valence-electron chi connectivity index (χ0n) is 13.8. The number of carbonyl (C=O) groups is 2. The van der Waals surface area contributed by atoms with Crippen molar-refractivity contribution in [1.82, 2.24) is 10.6 Å². The van der Waals surface area contributed by atoms with Gasteiger partial charge in [-0.3, -0.25) is 9.59 Å². The van der Waals surface area contributed by atoms with Crippen LogP contribution in [0.2, 0.25) is 10.0 Å². The van der Waals surface area contributed by atoms with Gasteiger partial charge in [-0.1, -0.05) is 23.2 Å². The van der Waals surface area contributed by atoms with Crippen LogP contribution in [0.1, 0.15) is 10.4 Å². The molecule has 0 heterocycles. The van der Waals surface area contributed by atoms with Gasteiger partial charge in [-0.25, -0.2) is 0 Å². The quantitative estimate of drug-likeness (QED) is 0.348. The van der Waals surface area contributed by atoms with Gasteiger partial charge in [-0.15, -0.1) is 0 Å². The highest BCUT2D eigenvalue weighted by molar-refractivity contribution is 6.35. The van der Waals surface area contributed by atoms with Gasteiger partial charge in [0.1, 0.15) is 5.75 Å². The molecule has 0 atom stereocenters. The number of ether oxygens (including phenoxy) is 1. The fourth-order valence-corrected chi connectivity index (χ4v) is 2.46. The minimum atomic E-state index is -0.709. The summed E-state index contributed by atoms with van der Waals surface area (Å²) < 4.78 is 5.27. The highest BCUT2D eigenvalue weighted by Crippen LogP contribution is 2.35. The fourth-order valence-electron chi connectivity index (χ4n) is 2.00. The molecule has 0 radical (unpaired) electrons. The molecule has 0 bridgehead atoms. The van der Waals surface area contributed by atoms with Crippen molar-refractivity contribution >= 4 is 35.0 Å². The van der Waals surface area contributed by atoms with Gasteiger partial charge >= 0.3 is 0 Å². The topological polar surface area (TPSA) is 128 Å². The second-order valence-electron chi connectivity index (χ2n) is 5.33. The molecule has 0 saturated heterocycles. The van der Waals surface area contributed by atoms with E-state index in [0.29, 0.717) is 10.8 Å². The Balaban J connectivity index is 1.73. The minimum absolute atomic E-state index is 0.0464. The molecule has 2 rings (SSSR count). The number of aromatic hydroxyl groups is 3. The average Bonchev–Trinajstić information content (AvgIpc) is 2.62. The number of amides is 2. The number of phenols is 3. The molecule has 0 spiro atoms. The number of hydrogen-bond donors (Lipinski definition) is 5. The molecule has 5 N–H and O–H groups in total. The van der Waals surface area contributed by atoms with Crippen molar-refractivity contribution in [1.29, 1.82) is 0 Å². The SMILES string of the molecule is O=C(COc1ccc(Cl)cc1Cl)NCCNC(=O)c1cc(O)c(O)c(O)c1. The van der Waals surface area contributed by atoms with Crippen LogP contribution in [0.25, 0.3) is 0 Å². The van der Waals surface area contributed by atoms with Crippen LogP contribution in [-0.2, 0) is 4.79 Å². The minimum Gasteiger partial charge on any atom is -0.504 e. The van der Waals surface area contributed by atoms with Gasteiger partial charge in [-0.05, 0) is 30.3 Å². The van der Waals surface area contributed by atoms with Crippen LogP contribution in [0, 0.1) is 0 Å². The Morgan fingerprint density at radius 1 is 0.963 bits per heavy atom. The van der Waals surface area contributed by atoms with E-state index in [-0.39, 0.29) is 30.3 Å². The summed E-state index contributed by atoms with van der Waals surface area (Å²) in [7, 11) is 0. The van der Waals surface area contributed by atoms with Crippen molar-refractivity contribution < 1.29 is 29.6 Å². The number of benzene rings is 2. The molecule has 144 valence electrons. The lowest BCUT2D eigenvalue weighted by atomic mass is 10.1. The maximum Gasteiger partial charge on any atom is 0.258 e. The largest absolute Gasteiger partial charge is 0.504 e. The van der Waals surface area contributed by atoms with Gasteiger partial charge in [0.05, 0.1) is 5.02 Å². The predicted molar refractivity (Wildman–Crippen MR) is 98.7 cm³/mol. The van der Waals surface area contributed by atoms with Crippen LogP contribution in [0.15, 0.2) is 30.3 Å². The van der Waals surface area contributed by atoms with Crippen molar-refractivity contribution in [3.8, 4) is 23.0 Å². The molecule has 0 saturated carbocycles. The number of hydrogen-bond acceptors (Lipinski definition) is 6. The van der Waals surface area contributed by atoms with Crippen molar-refractivity contribution in [3.05, 3.63) is 45.9 Å². The first kappa shape index (κ1) is 20.5. The van der Waals surface area contributed by atoms with Crippen LogP contribution >= 0.6 is 23.2 Å². The van der Waals surface area contributed by atoms with Crippen molar-refractivity contribution in [3.63, 3.8) is 0 Å². The Kier molecular flexibility index (Phi) is 6.98. The smallest absolute Gasteiger partial charge is 0.258 e. The first-order valence-electron chi connectivity index (χ1n) is 7.65. The van der Waals surface area contributed by atoms with Gasteiger partial charge in [0, 0.05) is 23.7 Å². The highest BCUT2D eigenvalue weighted by Gasteiger charge is 2.13. The predicted octanol–water partition coefficient (Wildman–Crippen LogP) is 2.04. The first-order valence-corrected chi connectivity index (χ1v) is 8.41. The standard InChI is InChI=1S/C17H16Cl2N2O6/c18-10-1-2-14(11(19)7-10)27-8-15(24)20-3-4-21-17(26)9-5-12(22)16(25)13(23)6-9/h1-2,5-7,22-23,25H,3-4,8H2,(H,20,24)(H,21,26). The molecule has 2 aromatic rings. The van der Waals surface area contributed by atoms with E-state index >= 15 is 0 Å². The monoisotopic (exact) mass is 414 g/mol. The van der Waals surface area contributed by atoms with Gasteiger partial charge < -0.3 is 30.7 Å². The highest BCUT2D eigenvalue weighted by atomic mass is 35.5. The number of phenolic OH excluding ortho intramolecular Hbond substituents is 3. The molecule has 0 aliphatic rings. The van der Waals surface area contributed by atoms with Crippen molar-refractivity contribution in [2.75, 3.05) is 19.7 Å². The Morgan fingerprint density at radius 2 is 1.59 bits per heavy atom. The van der Waals surface area contributed by atoms with Crippen molar-refractivity contribution in [2.24, 2.45) is 0 Å². The zero-order valence-corrected chi connectivity index (χ0v) is 15.3. The summed E-state index contributed by atoms with van der Waals surface area (Å²) in [6.07, 6.45) is 0. The Morgan fingerprint density at radius 3 is 2.22 bits per heavy atom. The van der Waals surface area contributed by atoms with Gasteiger partial charge in [0.2, 0.25) is 0 Å². The van der Waals surface area contributed by atoms with Gasteiger partial charge in [0.15, 0.2) is 23.9 Å². The zero-order chi connectivity index (χ0) is 20.0. The third-order valence-corrected chi connectivity index (χ3v) is 3.85. The van der Waals surface area contributed by atoms with Crippen molar-refractivity contribution in [2.45, 2.75) is 0 Å². The van der Waals surface area contributed by atoms with E-state index in [4.69, 9.17) is 27.9 Å². The lowest BCUT2D eigenvalue weighted by Gasteiger charge is -2.10. The summed E-state index contributed by atoms with van der Waals surface area (Å²) >= 11 is 11.7. The van der Waals surface area contributed by atoms with Gasteiger partial charge in [0.25, 0.3) is 11.8 Å². The summed E-state index contributed by atoms with van der Waals surface area (Å²) in [5.74, 6) is -2.65. The molecule has 0 unspecified atom stereocenters. The molecule has 10 heteroatoms. The molecule has 8 nitrogen and oxygen atoms in total. The lowest BCUT2D eigenvalue weighted by Crippen LogP contribution is -2.36. The lowest BCUT2D eigenvalue weighted by molar-refractivity contribution is -0.123. The first-order chi connectivity index (χ1) is 12.8.